The highest BCUT2D eigenvalue weighted by atomic mass is 32.2. The van der Waals surface area contributed by atoms with E-state index >= 15 is 0 Å². The van der Waals surface area contributed by atoms with Crippen molar-refractivity contribution in [2.45, 2.75) is 45.2 Å². The molecule has 0 saturated carbocycles. The molecule has 1 aromatic carbocycles. The van der Waals surface area contributed by atoms with Crippen molar-refractivity contribution in [3.05, 3.63) is 35.9 Å². The fourth-order valence-corrected chi connectivity index (χ4v) is 3.02. The highest BCUT2D eigenvalue weighted by Crippen LogP contribution is 2.27. The van der Waals surface area contributed by atoms with Crippen molar-refractivity contribution in [2.24, 2.45) is 11.7 Å². The number of carbonyl (C=O) groups excluding carboxylic acids is 1. The Morgan fingerprint density at radius 3 is 2.38 bits per heavy atom. The Morgan fingerprint density at radius 2 is 1.86 bits per heavy atom. The summed E-state index contributed by atoms with van der Waals surface area (Å²) in [6.07, 6.45) is 4.83. The Hall–Kier alpha value is -1.00. The van der Waals surface area contributed by atoms with Gasteiger partial charge in [0.25, 0.3) is 0 Å². The Morgan fingerprint density at radius 1 is 1.24 bits per heavy atom. The molecule has 3 nitrogen and oxygen atoms in total. The van der Waals surface area contributed by atoms with Gasteiger partial charge in [-0.1, -0.05) is 57.0 Å². The molecule has 1 amide bonds. The van der Waals surface area contributed by atoms with E-state index in [4.69, 9.17) is 5.73 Å². The largest absolute Gasteiger partial charge is 0.348 e. The summed E-state index contributed by atoms with van der Waals surface area (Å²) < 4.78 is 0. The average molecular weight is 308 g/mol. The SMILES string of the molecule is CCC(CC)C(NC(=O)[C@@H](N)CCSC)c1ccccc1. The summed E-state index contributed by atoms with van der Waals surface area (Å²) in [6, 6.07) is 9.83. The molecule has 0 saturated heterocycles. The van der Waals surface area contributed by atoms with Crippen LogP contribution in [0.4, 0.5) is 0 Å². The molecular weight excluding hydrogens is 280 g/mol. The first-order chi connectivity index (χ1) is 10.1. The third kappa shape index (κ3) is 5.71. The van der Waals surface area contributed by atoms with Crippen LogP contribution in [0.1, 0.15) is 44.7 Å². The number of amides is 1. The number of carbonyl (C=O) groups is 1. The van der Waals surface area contributed by atoms with E-state index in [0.29, 0.717) is 5.92 Å². The maximum absolute atomic E-state index is 12.3. The molecule has 1 rings (SSSR count). The van der Waals surface area contributed by atoms with Gasteiger partial charge in [-0.2, -0.15) is 11.8 Å². The Bertz CT molecular complexity index is 407. The number of benzene rings is 1. The summed E-state index contributed by atoms with van der Waals surface area (Å²) in [7, 11) is 0. The maximum Gasteiger partial charge on any atom is 0.237 e. The Kier molecular flexibility index (Phi) is 8.47. The standard InChI is InChI=1S/C17H28N2OS/c1-4-13(5-2)16(14-9-7-6-8-10-14)19-17(20)15(18)11-12-21-3/h6-10,13,15-16H,4-5,11-12,18H2,1-3H3,(H,19,20)/t15-,16?/m0/s1. The molecule has 0 spiro atoms. The number of nitrogens with two attached hydrogens (primary N) is 1. The molecule has 0 aliphatic carbocycles. The van der Waals surface area contributed by atoms with Crippen LogP contribution in [0.25, 0.3) is 0 Å². The molecule has 0 aromatic heterocycles. The molecule has 0 radical (unpaired) electrons. The molecule has 0 aliphatic heterocycles. The molecule has 118 valence electrons. The molecule has 3 N–H and O–H groups in total. The summed E-state index contributed by atoms with van der Waals surface area (Å²) in [4.78, 5) is 12.3. The second-order valence-corrected chi connectivity index (χ2v) is 6.35. The van der Waals surface area contributed by atoms with E-state index in [9.17, 15) is 4.79 Å². The molecule has 0 bridgehead atoms. The minimum Gasteiger partial charge on any atom is -0.348 e. The van der Waals surface area contributed by atoms with E-state index in [1.54, 1.807) is 11.8 Å². The highest BCUT2D eigenvalue weighted by Gasteiger charge is 2.24. The summed E-state index contributed by atoms with van der Waals surface area (Å²) >= 11 is 1.72. The zero-order valence-electron chi connectivity index (χ0n) is 13.3. The van der Waals surface area contributed by atoms with E-state index in [-0.39, 0.29) is 11.9 Å². The van der Waals surface area contributed by atoms with Gasteiger partial charge in [0, 0.05) is 0 Å². The van der Waals surface area contributed by atoms with Gasteiger partial charge in [-0.15, -0.1) is 0 Å². The maximum atomic E-state index is 12.3. The molecule has 0 fully saturated rings. The average Bonchev–Trinajstić information content (AvgIpc) is 2.53. The van der Waals surface area contributed by atoms with Crippen LogP contribution in [0, 0.1) is 5.92 Å². The number of thioether (sulfide) groups is 1. The van der Waals surface area contributed by atoms with Gasteiger partial charge in [0.1, 0.15) is 0 Å². The van der Waals surface area contributed by atoms with Gasteiger partial charge >= 0.3 is 0 Å². The quantitative estimate of drug-likeness (QED) is 0.735. The monoisotopic (exact) mass is 308 g/mol. The lowest BCUT2D eigenvalue weighted by molar-refractivity contribution is -0.123. The van der Waals surface area contributed by atoms with Gasteiger partial charge in [-0.3, -0.25) is 4.79 Å². The van der Waals surface area contributed by atoms with Gasteiger partial charge in [0.05, 0.1) is 12.1 Å². The minimum atomic E-state index is -0.418. The van der Waals surface area contributed by atoms with Crippen molar-refractivity contribution >= 4 is 17.7 Å². The lowest BCUT2D eigenvalue weighted by Crippen LogP contribution is -2.44. The minimum absolute atomic E-state index is 0.0372. The Labute approximate surface area is 133 Å². The van der Waals surface area contributed by atoms with Gasteiger partial charge < -0.3 is 11.1 Å². The fourth-order valence-electron chi connectivity index (χ4n) is 2.53. The molecule has 4 heteroatoms. The number of hydrogen-bond donors (Lipinski definition) is 2. The third-order valence-corrected chi connectivity index (χ3v) is 4.59. The lowest BCUT2D eigenvalue weighted by atomic mass is 9.88. The second kappa shape index (κ2) is 9.85. The normalized spacial score (nSPS) is 14.0. The van der Waals surface area contributed by atoms with Crippen LogP contribution in [-0.4, -0.2) is 24.0 Å². The van der Waals surface area contributed by atoms with Crippen molar-refractivity contribution < 1.29 is 4.79 Å². The predicted molar refractivity (Wildman–Crippen MR) is 92.4 cm³/mol. The Balaban J connectivity index is 2.80. The van der Waals surface area contributed by atoms with E-state index in [1.807, 2.05) is 24.5 Å². The number of hydrogen-bond acceptors (Lipinski definition) is 3. The molecule has 0 heterocycles. The van der Waals surface area contributed by atoms with E-state index in [0.717, 1.165) is 30.6 Å². The van der Waals surface area contributed by atoms with Gasteiger partial charge in [0.2, 0.25) is 5.91 Å². The van der Waals surface area contributed by atoms with Crippen molar-refractivity contribution in [1.29, 1.82) is 0 Å². The van der Waals surface area contributed by atoms with Crippen LogP contribution in [0.2, 0.25) is 0 Å². The smallest absolute Gasteiger partial charge is 0.237 e. The van der Waals surface area contributed by atoms with Crippen LogP contribution in [-0.2, 0) is 4.79 Å². The van der Waals surface area contributed by atoms with E-state index < -0.39 is 6.04 Å². The first kappa shape index (κ1) is 18.1. The van der Waals surface area contributed by atoms with Gasteiger partial charge in [0.15, 0.2) is 0 Å². The van der Waals surface area contributed by atoms with E-state index in [1.165, 1.54) is 0 Å². The molecule has 1 aromatic rings. The summed E-state index contributed by atoms with van der Waals surface area (Å²) in [5.74, 6) is 1.31. The zero-order chi connectivity index (χ0) is 15.7. The topological polar surface area (TPSA) is 55.1 Å². The van der Waals surface area contributed by atoms with Gasteiger partial charge in [-0.25, -0.2) is 0 Å². The molecule has 0 aliphatic rings. The van der Waals surface area contributed by atoms with Crippen molar-refractivity contribution in [2.75, 3.05) is 12.0 Å². The lowest BCUT2D eigenvalue weighted by Gasteiger charge is -2.28. The van der Waals surface area contributed by atoms with Crippen molar-refractivity contribution in [1.82, 2.24) is 5.32 Å². The summed E-state index contributed by atoms with van der Waals surface area (Å²) in [6.45, 7) is 4.34. The first-order valence-electron chi connectivity index (χ1n) is 7.73. The van der Waals surface area contributed by atoms with Crippen LogP contribution < -0.4 is 11.1 Å². The third-order valence-electron chi connectivity index (χ3n) is 3.95. The summed E-state index contributed by atoms with van der Waals surface area (Å²) in [5, 5.41) is 3.17. The van der Waals surface area contributed by atoms with E-state index in [2.05, 4.69) is 31.3 Å². The van der Waals surface area contributed by atoms with Crippen LogP contribution >= 0.6 is 11.8 Å². The van der Waals surface area contributed by atoms with Crippen LogP contribution in [0.3, 0.4) is 0 Å². The number of nitrogens with one attached hydrogen (secondary N) is 1. The predicted octanol–water partition coefficient (Wildman–Crippen LogP) is 3.36. The fraction of sp³-hybridized carbons (Fsp3) is 0.588. The van der Waals surface area contributed by atoms with Crippen LogP contribution in [0.5, 0.6) is 0 Å². The molecule has 2 atom stereocenters. The highest BCUT2D eigenvalue weighted by molar-refractivity contribution is 7.98. The first-order valence-corrected chi connectivity index (χ1v) is 9.13. The van der Waals surface area contributed by atoms with Crippen molar-refractivity contribution in [3.63, 3.8) is 0 Å². The molecule has 1 unspecified atom stereocenters. The summed E-state index contributed by atoms with van der Waals surface area (Å²) in [5.41, 5.74) is 7.15. The van der Waals surface area contributed by atoms with Gasteiger partial charge in [-0.05, 0) is 29.9 Å². The van der Waals surface area contributed by atoms with Crippen LogP contribution in [0.15, 0.2) is 30.3 Å². The van der Waals surface area contributed by atoms with Crippen molar-refractivity contribution in [3.8, 4) is 0 Å². The second-order valence-electron chi connectivity index (χ2n) is 5.36. The molecule has 21 heavy (non-hydrogen) atoms. The zero-order valence-corrected chi connectivity index (χ0v) is 14.2. The molecular formula is C17H28N2OS. The number of rotatable bonds is 9.